The van der Waals surface area contributed by atoms with Gasteiger partial charge < -0.3 is 24.7 Å². The first-order chi connectivity index (χ1) is 13.5. The Morgan fingerprint density at radius 1 is 1.25 bits per heavy atom. The number of aromatic nitrogens is 2. The molecular formula is C21H26N4O3. The average Bonchev–Trinajstić information content (AvgIpc) is 3.09. The molecular weight excluding hydrogens is 356 g/mol. The lowest BCUT2D eigenvalue weighted by Gasteiger charge is -2.25. The lowest BCUT2D eigenvalue weighted by Crippen LogP contribution is -2.34. The van der Waals surface area contributed by atoms with Gasteiger partial charge in [-0.15, -0.1) is 0 Å². The van der Waals surface area contributed by atoms with E-state index in [1.165, 1.54) is 0 Å². The van der Waals surface area contributed by atoms with Gasteiger partial charge in [0.05, 0.1) is 30.8 Å². The topological polar surface area (TPSA) is 79.5 Å². The molecule has 7 nitrogen and oxygen atoms in total. The van der Waals surface area contributed by atoms with E-state index in [0.717, 1.165) is 22.3 Å². The summed E-state index contributed by atoms with van der Waals surface area (Å²) in [5.74, 6) is 0.662. The first kappa shape index (κ1) is 19.7. The van der Waals surface area contributed by atoms with Gasteiger partial charge in [0.15, 0.2) is 0 Å². The Labute approximate surface area is 164 Å². The maximum absolute atomic E-state index is 12.7. The molecule has 1 amide bonds. The number of nitrogens with one attached hydrogen (secondary N) is 2. The van der Waals surface area contributed by atoms with E-state index in [2.05, 4.69) is 20.2 Å². The number of fused-ring (bicyclic) bond motifs is 1. The second-order valence-electron chi connectivity index (χ2n) is 6.67. The summed E-state index contributed by atoms with van der Waals surface area (Å²) in [6.07, 6.45) is 0. The number of H-pyrrole nitrogens is 1. The lowest BCUT2D eigenvalue weighted by atomic mass is 10.1. The number of methoxy groups -OCH3 is 1. The summed E-state index contributed by atoms with van der Waals surface area (Å²) in [6, 6.07) is 13.7. The predicted molar refractivity (Wildman–Crippen MR) is 109 cm³/mol. The van der Waals surface area contributed by atoms with Gasteiger partial charge in [-0.3, -0.25) is 4.79 Å². The van der Waals surface area contributed by atoms with Crippen molar-refractivity contribution in [1.82, 2.24) is 20.2 Å². The van der Waals surface area contributed by atoms with Crippen molar-refractivity contribution in [3.05, 3.63) is 53.6 Å². The van der Waals surface area contributed by atoms with Crippen LogP contribution in [-0.4, -0.2) is 55.1 Å². The van der Waals surface area contributed by atoms with Gasteiger partial charge in [0, 0.05) is 12.1 Å². The third kappa shape index (κ3) is 4.43. The third-order valence-corrected chi connectivity index (χ3v) is 4.56. The van der Waals surface area contributed by atoms with Crippen molar-refractivity contribution < 1.29 is 14.3 Å². The van der Waals surface area contributed by atoms with Gasteiger partial charge in [-0.2, -0.15) is 4.98 Å². The third-order valence-electron chi connectivity index (χ3n) is 4.56. The Morgan fingerprint density at radius 2 is 2.07 bits per heavy atom. The number of nitrogens with zero attached hydrogens (tertiary/aromatic N) is 2. The van der Waals surface area contributed by atoms with E-state index in [0.29, 0.717) is 24.7 Å². The van der Waals surface area contributed by atoms with Crippen molar-refractivity contribution in [1.29, 1.82) is 0 Å². The Balaban J connectivity index is 1.72. The summed E-state index contributed by atoms with van der Waals surface area (Å²) in [5, 5.41) is 3.03. The largest absolute Gasteiger partial charge is 0.497 e. The van der Waals surface area contributed by atoms with Crippen LogP contribution in [0.25, 0.3) is 11.0 Å². The molecule has 0 aliphatic rings. The van der Waals surface area contributed by atoms with E-state index in [1.54, 1.807) is 19.2 Å². The van der Waals surface area contributed by atoms with Crippen LogP contribution in [0.2, 0.25) is 0 Å². The molecule has 2 aromatic carbocycles. The minimum Gasteiger partial charge on any atom is -0.497 e. The minimum absolute atomic E-state index is 0.0273. The molecule has 28 heavy (non-hydrogen) atoms. The van der Waals surface area contributed by atoms with Crippen molar-refractivity contribution in [3.8, 4) is 11.8 Å². The molecule has 7 heteroatoms. The van der Waals surface area contributed by atoms with Crippen LogP contribution >= 0.6 is 0 Å². The maximum atomic E-state index is 12.7. The fraction of sp³-hybridized carbons (Fsp3) is 0.333. The standard InChI is InChI=1S/C21H26N4O3/c1-5-28-21-23-17-10-9-15(12-18(17)24-21)20(26)22-13-19(25(2)3)14-7-6-8-16(11-14)27-4/h6-12,19H,5,13H2,1-4H3,(H,22,26)(H,23,24). The van der Waals surface area contributed by atoms with Crippen LogP contribution in [0.1, 0.15) is 28.9 Å². The molecule has 0 aliphatic heterocycles. The number of likely N-dealkylation sites (N-methyl/N-ethyl adjacent to an activating group) is 1. The molecule has 1 aromatic heterocycles. The van der Waals surface area contributed by atoms with Gasteiger partial charge in [0.1, 0.15) is 5.75 Å². The van der Waals surface area contributed by atoms with Gasteiger partial charge in [-0.05, 0) is 56.9 Å². The fourth-order valence-corrected chi connectivity index (χ4v) is 3.07. The van der Waals surface area contributed by atoms with Crippen LogP contribution in [0, 0.1) is 0 Å². The van der Waals surface area contributed by atoms with Gasteiger partial charge in [0.2, 0.25) is 0 Å². The van der Waals surface area contributed by atoms with Gasteiger partial charge in [-0.25, -0.2) is 0 Å². The molecule has 3 rings (SSSR count). The first-order valence-corrected chi connectivity index (χ1v) is 9.23. The number of rotatable bonds is 8. The van der Waals surface area contributed by atoms with Crippen LogP contribution in [0.15, 0.2) is 42.5 Å². The van der Waals surface area contributed by atoms with E-state index in [-0.39, 0.29) is 11.9 Å². The zero-order chi connectivity index (χ0) is 20.1. The second kappa shape index (κ2) is 8.75. The monoisotopic (exact) mass is 382 g/mol. The highest BCUT2D eigenvalue weighted by atomic mass is 16.5. The quantitative estimate of drug-likeness (QED) is 0.626. The molecule has 1 unspecified atom stereocenters. The number of aromatic amines is 1. The van der Waals surface area contributed by atoms with E-state index in [1.807, 2.05) is 51.4 Å². The van der Waals surface area contributed by atoms with Gasteiger partial charge in [0.25, 0.3) is 11.9 Å². The van der Waals surface area contributed by atoms with Crippen molar-refractivity contribution in [3.63, 3.8) is 0 Å². The fourth-order valence-electron chi connectivity index (χ4n) is 3.07. The van der Waals surface area contributed by atoms with Crippen molar-refractivity contribution in [2.75, 3.05) is 34.4 Å². The smallest absolute Gasteiger partial charge is 0.294 e. The van der Waals surface area contributed by atoms with Crippen LogP contribution in [0.4, 0.5) is 0 Å². The zero-order valence-electron chi connectivity index (χ0n) is 16.7. The lowest BCUT2D eigenvalue weighted by molar-refractivity contribution is 0.0942. The summed E-state index contributed by atoms with van der Waals surface area (Å²) in [6.45, 7) is 2.91. The van der Waals surface area contributed by atoms with Crippen LogP contribution < -0.4 is 14.8 Å². The molecule has 1 heterocycles. The molecule has 0 bridgehead atoms. The highest BCUT2D eigenvalue weighted by molar-refractivity contribution is 5.97. The number of benzene rings is 2. The molecule has 0 saturated carbocycles. The van der Waals surface area contributed by atoms with Crippen molar-refractivity contribution in [2.45, 2.75) is 13.0 Å². The van der Waals surface area contributed by atoms with E-state index in [9.17, 15) is 4.79 Å². The summed E-state index contributed by atoms with van der Waals surface area (Å²) in [4.78, 5) is 22.2. The maximum Gasteiger partial charge on any atom is 0.294 e. The summed E-state index contributed by atoms with van der Waals surface area (Å²) in [7, 11) is 5.62. The van der Waals surface area contributed by atoms with Crippen LogP contribution in [0.5, 0.6) is 11.8 Å². The SMILES string of the molecule is CCOc1nc2ccc(C(=O)NCC(c3cccc(OC)c3)N(C)C)cc2[nH]1. The molecule has 0 spiro atoms. The first-order valence-electron chi connectivity index (χ1n) is 9.23. The van der Waals surface area contributed by atoms with E-state index < -0.39 is 0 Å². The normalized spacial score (nSPS) is 12.2. The molecule has 3 aromatic rings. The molecule has 0 aliphatic carbocycles. The Kier molecular flexibility index (Phi) is 6.16. The molecule has 1 atom stereocenters. The van der Waals surface area contributed by atoms with E-state index in [4.69, 9.17) is 9.47 Å². The van der Waals surface area contributed by atoms with Crippen LogP contribution in [0.3, 0.4) is 0 Å². The number of carbonyl (C=O) groups excluding carboxylic acids is 1. The van der Waals surface area contributed by atoms with Crippen molar-refractivity contribution >= 4 is 16.9 Å². The molecule has 0 radical (unpaired) electrons. The summed E-state index contributed by atoms with van der Waals surface area (Å²) >= 11 is 0. The number of ether oxygens (including phenoxy) is 2. The second-order valence-corrected chi connectivity index (χ2v) is 6.67. The number of hydrogen-bond acceptors (Lipinski definition) is 5. The summed E-state index contributed by atoms with van der Waals surface area (Å²) in [5.41, 5.74) is 3.19. The van der Waals surface area contributed by atoms with Gasteiger partial charge >= 0.3 is 0 Å². The number of hydrogen-bond donors (Lipinski definition) is 2. The number of imidazole rings is 1. The summed E-state index contributed by atoms with van der Waals surface area (Å²) < 4.78 is 10.7. The Morgan fingerprint density at radius 3 is 2.79 bits per heavy atom. The number of carbonyl (C=O) groups is 1. The molecule has 2 N–H and O–H groups in total. The van der Waals surface area contributed by atoms with Gasteiger partial charge in [-0.1, -0.05) is 12.1 Å². The molecule has 148 valence electrons. The average molecular weight is 382 g/mol. The van der Waals surface area contributed by atoms with Crippen molar-refractivity contribution in [2.24, 2.45) is 0 Å². The highest BCUT2D eigenvalue weighted by Crippen LogP contribution is 2.22. The minimum atomic E-state index is -0.135. The Hall–Kier alpha value is -3.06. The van der Waals surface area contributed by atoms with E-state index >= 15 is 0 Å². The molecule has 0 saturated heterocycles. The predicted octanol–water partition coefficient (Wildman–Crippen LogP) is 3.00. The molecule has 0 fully saturated rings. The highest BCUT2D eigenvalue weighted by Gasteiger charge is 2.17. The zero-order valence-corrected chi connectivity index (χ0v) is 16.7. The number of amides is 1. The van der Waals surface area contributed by atoms with Crippen LogP contribution in [-0.2, 0) is 0 Å². The Bertz CT molecular complexity index is 952.